The quantitative estimate of drug-likeness (QED) is 0.315. The average molecular weight is 360 g/mol. The van der Waals surface area contributed by atoms with E-state index in [1.807, 2.05) is 0 Å². The van der Waals surface area contributed by atoms with E-state index in [4.69, 9.17) is 11.6 Å². The summed E-state index contributed by atoms with van der Waals surface area (Å²) in [5, 5.41) is 0.877. The van der Waals surface area contributed by atoms with Crippen LogP contribution in [0.15, 0.2) is 12.1 Å². The van der Waals surface area contributed by atoms with E-state index in [1.165, 1.54) is 68.1 Å². The second kappa shape index (κ2) is 9.84. The molecular formula is C18H28BrCl. The lowest BCUT2D eigenvalue weighted by molar-refractivity contribution is 0.574. The maximum Gasteiger partial charge on any atom is 0.0438 e. The summed E-state index contributed by atoms with van der Waals surface area (Å²) in [6, 6.07) is 4.32. The number of hydrogen-bond acceptors (Lipinski definition) is 0. The molecule has 1 aromatic rings. The molecule has 1 atom stereocenters. The van der Waals surface area contributed by atoms with Gasteiger partial charge in [0.15, 0.2) is 0 Å². The van der Waals surface area contributed by atoms with Gasteiger partial charge in [0.05, 0.1) is 0 Å². The largest absolute Gasteiger partial charge is 0.0840 e. The lowest BCUT2D eigenvalue weighted by atomic mass is 9.99. The second-order valence-corrected chi connectivity index (χ2v) is 7.35. The molecule has 0 fully saturated rings. The maximum atomic E-state index is 6.16. The van der Waals surface area contributed by atoms with Gasteiger partial charge in [-0.2, -0.15) is 0 Å². The van der Waals surface area contributed by atoms with Crippen LogP contribution in [0.25, 0.3) is 0 Å². The number of unbranched alkanes of at least 4 members (excludes halogenated alkanes) is 6. The zero-order valence-electron chi connectivity index (χ0n) is 13.1. The summed E-state index contributed by atoms with van der Waals surface area (Å²) >= 11 is 10.0. The van der Waals surface area contributed by atoms with Crippen molar-refractivity contribution in [3.63, 3.8) is 0 Å². The lowest BCUT2D eigenvalue weighted by Crippen LogP contribution is -1.96. The van der Waals surface area contributed by atoms with Crippen molar-refractivity contribution in [2.45, 2.75) is 77.0 Å². The van der Waals surface area contributed by atoms with Crippen LogP contribution in [0.2, 0.25) is 5.02 Å². The molecule has 0 aliphatic heterocycles. The Labute approximate surface area is 138 Å². The summed E-state index contributed by atoms with van der Waals surface area (Å²) in [5.41, 5.74) is 3.87. The van der Waals surface area contributed by atoms with Gasteiger partial charge < -0.3 is 0 Å². The van der Waals surface area contributed by atoms with Crippen LogP contribution in [0.1, 0.15) is 79.8 Å². The van der Waals surface area contributed by atoms with Gasteiger partial charge >= 0.3 is 0 Å². The Hall–Kier alpha value is -0.0100. The first kappa shape index (κ1) is 18.0. The number of benzene rings is 1. The van der Waals surface area contributed by atoms with E-state index in [2.05, 4.69) is 48.8 Å². The lowest BCUT2D eigenvalue weighted by Gasteiger charge is -2.15. The molecule has 0 heterocycles. The minimum Gasteiger partial charge on any atom is -0.0840 e. The van der Waals surface area contributed by atoms with Gasteiger partial charge in [-0.25, -0.2) is 0 Å². The molecule has 0 N–H and O–H groups in total. The summed E-state index contributed by atoms with van der Waals surface area (Å²) in [6.45, 7) is 6.50. The van der Waals surface area contributed by atoms with Crippen molar-refractivity contribution in [2.24, 2.45) is 0 Å². The van der Waals surface area contributed by atoms with Crippen LogP contribution >= 0.6 is 27.5 Å². The minimum absolute atomic E-state index is 0.467. The third kappa shape index (κ3) is 6.18. The Kier molecular flexibility index (Phi) is 8.88. The van der Waals surface area contributed by atoms with Crippen LogP contribution in [-0.4, -0.2) is 0 Å². The topological polar surface area (TPSA) is 0 Å². The fraction of sp³-hybridized carbons (Fsp3) is 0.667. The van der Waals surface area contributed by atoms with Gasteiger partial charge in [-0.1, -0.05) is 85.5 Å². The van der Waals surface area contributed by atoms with Gasteiger partial charge in [-0.05, 0) is 43.0 Å². The highest BCUT2D eigenvalue weighted by molar-refractivity contribution is 9.09. The number of alkyl halides is 1. The van der Waals surface area contributed by atoms with Gasteiger partial charge in [-0.15, -0.1) is 0 Å². The van der Waals surface area contributed by atoms with Crippen LogP contribution in [0, 0.1) is 13.8 Å². The summed E-state index contributed by atoms with van der Waals surface area (Å²) in [5.74, 6) is 0. The monoisotopic (exact) mass is 358 g/mol. The van der Waals surface area contributed by atoms with E-state index in [0.717, 1.165) is 5.02 Å². The van der Waals surface area contributed by atoms with Crippen LogP contribution < -0.4 is 0 Å². The maximum absolute atomic E-state index is 6.16. The highest BCUT2D eigenvalue weighted by Gasteiger charge is 2.11. The van der Waals surface area contributed by atoms with Crippen LogP contribution in [0.3, 0.4) is 0 Å². The number of hydrogen-bond donors (Lipinski definition) is 0. The molecule has 0 aliphatic carbocycles. The highest BCUT2D eigenvalue weighted by atomic mass is 79.9. The van der Waals surface area contributed by atoms with E-state index in [1.54, 1.807) is 0 Å². The Bertz CT molecular complexity index is 401. The first-order chi connectivity index (χ1) is 9.56. The first-order valence-electron chi connectivity index (χ1n) is 7.97. The van der Waals surface area contributed by atoms with Crippen molar-refractivity contribution in [1.29, 1.82) is 0 Å². The number of halogens is 2. The SMILES string of the molecule is CCCCCCCCCC(Br)c1cc(C)c(Cl)cc1C. The van der Waals surface area contributed by atoms with E-state index >= 15 is 0 Å². The second-order valence-electron chi connectivity index (χ2n) is 5.84. The average Bonchev–Trinajstić information content (AvgIpc) is 2.41. The molecule has 0 bridgehead atoms. The Morgan fingerprint density at radius 2 is 1.55 bits per heavy atom. The third-order valence-corrected chi connectivity index (χ3v) is 5.30. The van der Waals surface area contributed by atoms with Crippen molar-refractivity contribution in [2.75, 3.05) is 0 Å². The number of rotatable bonds is 9. The fourth-order valence-corrected chi connectivity index (χ4v) is 3.61. The summed E-state index contributed by atoms with van der Waals surface area (Å²) in [4.78, 5) is 0.467. The van der Waals surface area contributed by atoms with E-state index in [0.29, 0.717) is 4.83 Å². The molecule has 1 unspecified atom stereocenters. The van der Waals surface area contributed by atoms with Crippen LogP contribution in [0.5, 0.6) is 0 Å². The minimum atomic E-state index is 0.467. The predicted molar refractivity (Wildman–Crippen MR) is 95.2 cm³/mol. The molecule has 0 aliphatic rings. The van der Waals surface area contributed by atoms with Crippen molar-refractivity contribution in [3.8, 4) is 0 Å². The molecule has 0 saturated heterocycles. The fourth-order valence-electron chi connectivity index (χ4n) is 2.58. The van der Waals surface area contributed by atoms with E-state index in [-0.39, 0.29) is 0 Å². The molecule has 0 aromatic heterocycles. The summed E-state index contributed by atoms with van der Waals surface area (Å²) in [6.07, 6.45) is 10.8. The van der Waals surface area contributed by atoms with Gasteiger partial charge in [0.2, 0.25) is 0 Å². The normalized spacial score (nSPS) is 12.7. The molecule has 114 valence electrons. The molecule has 0 nitrogen and oxygen atoms in total. The molecule has 2 heteroatoms. The molecular weight excluding hydrogens is 332 g/mol. The standard InChI is InChI=1S/C18H28BrCl/c1-4-5-6-7-8-9-10-11-17(19)16-12-15(3)18(20)13-14(16)2/h12-13,17H,4-11H2,1-3H3. The van der Waals surface area contributed by atoms with Crippen LogP contribution in [0.4, 0.5) is 0 Å². The Morgan fingerprint density at radius 1 is 0.950 bits per heavy atom. The van der Waals surface area contributed by atoms with Crippen molar-refractivity contribution in [1.82, 2.24) is 0 Å². The molecule has 20 heavy (non-hydrogen) atoms. The van der Waals surface area contributed by atoms with Gasteiger partial charge in [0, 0.05) is 9.85 Å². The first-order valence-corrected chi connectivity index (χ1v) is 9.26. The van der Waals surface area contributed by atoms with Crippen LogP contribution in [-0.2, 0) is 0 Å². The molecule has 1 rings (SSSR count). The highest BCUT2D eigenvalue weighted by Crippen LogP contribution is 2.33. The molecule has 1 aromatic carbocycles. The Balaban J connectivity index is 2.32. The zero-order valence-corrected chi connectivity index (χ0v) is 15.5. The van der Waals surface area contributed by atoms with Gasteiger partial charge in [-0.3, -0.25) is 0 Å². The summed E-state index contributed by atoms with van der Waals surface area (Å²) < 4.78 is 0. The van der Waals surface area contributed by atoms with Crippen molar-refractivity contribution < 1.29 is 0 Å². The van der Waals surface area contributed by atoms with Crippen molar-refractivity contribution >= 4 is 27.5 Å². The third-order valence-electron chi connectivity index (χ3n) is 3.95. The number of aryl methyl sites for hydroxylation is 2. The molecule has 0 radical (unpaired) electrons. The van der Waals surface area contributed by atoms with E-state index < -0.39 is 0 Å². The molecule has 0 saturated carbocycles. The van der Waals surface area contributed by atoms with Gasteiger partial charge in [0.25, 0.3) is 0 Å². The molecule has 0 amide bonds. The summed E-state index contributed by atoms with van der Waals surface area (Å²) in [7, 11) is 0. The Morgan fingerprint density at radius 3 is 2.20 bits per heavy atom. The smallest absolute Gasteiger partial charge is 0.0438 e. The molecule has 0 spiro atoms. The van der Waals surface area contributed by atoms with E-state index in [9.17, 15) is 0 Å². The predicted octanol–water partition coefficient (Wildman–Crippen LogP) is 7.53. The zero-order chi connectivity index (χ0) is 15.0. The van der Waals surface area contributed by atoms with Gasteiger partial charge in [0.1, 0.15) is 0 Å². The van der Waals surface area contributed by atoms with Crippen molar-refractivity contribution in [3.05, 3.63) is 33.8 Å².